The first-order valence-corrected chi connectivity index (χ1v) is 12.9. The van der Waals surface area contributed by atoms with Crippen LogP contribution in [0.5, 0.6) is 17.2 Å². The Bertz CT molecular complexity index is 1380. The molecule has 1 aliphatic carbocycles. The van der Waals surface area contributed by atoms with Gasteiger partial charge in [0.15, 0.2) is 16.7 Å². The molecule has 0 amide bonds. The summed E-state index contributed by atoms with van der Waals surface area (Å²) in [6.45, 7) is 0.722. The molecular weight excluding hydrogens is 456 g/mol. The molecule has 6 rings (SSSR count). The van der Waals surface area contributed by atoms with Crippen LogP contribution in [0.3, 0.4) is 0 Å². The van der Waals surface area contributed by atoms with E-state index < -0.39 is 0 Å². The number of rotatable bonds is 6. The van der Waals surface area contributed by atoms with E-state index in [0.717, 1.165) is 46.7 Å². The van der Waals surface area contributed by atoms with Crippen molar-refractivity contribution in [3.63, 3.8) is 0 Å². The van der Waals surface area contributed by atoms with Gasteiger partial charge in [0.2, 0.25) is 6.79 Å². The molecule has 1 aliphatic heterocycles. The molecule has 0 radical (unpaired) electrons. The van der Waals surface area contributed by atoms with E-state index in [1.54, 1.807) is 15.9 Å². The molecule has 2 aromatic heterocycles. The van der Waals surface area contributed by atoms with Gasteiger partial charge in [0.25, 0.3) is 5.56 Å². The summed E-state index contributed by atoms with van der Waals surface area (Å²) in [5, 5.41) is 1.51. The third-order valence-electron chi connectivity index (χ3n) is 5.90. The molecule has 0 unspecified atom stereocenters. The van der Waals surface area contributed by atoms with Crippen LogP contribution < -0.4 is 19.8 Å². The first-order chi connectivity index (χ1) is 16.3. The maximum absolute atomic E-state index is 13.7. The molecule has 6 nitrogen and oxygen atoms in total. The summed E-state index contributed by atoms with van der Waals surface area (Å²) in [7, 11) is 0. The lowest BCUT2D eigenvalue weighted by Crippen LogP contribution is -2.22. The van der Waals surface area contributed by atoms with Gasteiger partial charge in [-0.2, -0.15) is 0 Å². The lowest BCUT2D eigenvalue weighted by Gasteiger charge is -2.14. The summed E-state index contributed by atoms with van der Waals surface area (Å²) in [6.07, 6.45) is 4.34. The molecule has 0 spiro atoms. The number of para-hydroxylation sites is 1. The second-order valence-corrected chi connectivity index (χ2v) is 10.1. The number of hydrogen-bond donors (Lipinski definition) is 0. The highest BCUT2D eigenvalue weighted by Crippen LogP contribution is 2.36. The monoisotopic (exact) mass is 478 g/mol. The van der Waals surface area contributed by atoms with Crippen molar-refractivity contribution in [2.24, 2.45) is 0 Å². The van der Waals surface area contributed by atoms with Gasteiger partial charge in [-0.25, -0.2) is 4.98 Å². The topological polar surface area (TPSA) is 62.6 Å². The molecule has 2 aliphatic rings. The van der Waals surface area contributed by atoms with Crippen LogP contribution in [0.2, 0.25) is 0 Å². The van der Waals surface area contributed by atoms with E-state index in [0.29, 0.717) is 23.3 Å². The number of fused-ring (bicyclic) bond motifs is 4. The van der Waals surface area contributed by atoms with Crippen molar-refractivity contribution in [1.82, 2.24) is 9.55 Å². The normalized spacial score (nSPS) is 14.4. The van der Waals surface area contributed by atoms with Crippen molar-refractivity contribution in [3.05, 3.63) is 69.3 Å². The first kappa shape index (κ1) is 20.6. The molecular formula is C25H22N2O4S2. The van der Waals surface area contributed by atoms with Crippen molar-refractivity contribution < 1.29 is 14.2 Å². The van der Waals surface area contributed by atoms with Crippen LogP contribution >= 0.6 is 23.1 Å². The molecule has 8 heteroatoms. The number of aryl methyl sites for hydroxylation is 2. The van der Waals surface area contributed by atoms with Gasteiger partial charge < -0.3 is 14.2 Å². The zero-order valence-electron chi connectivity index (χ0n) is 17.9. The van der Waals surface area contributed by atoms with Gasteiger partial charge in [0.1, 0.15) is 10.6 Å². The standard InChI is InChI=1S/C25H22N2O4S2/c28-24-22-18-8-4-5-9-21(18)33-23(22)26-25(27(24)16-6-2-1-3-7-16)32-13-12-29-17-10-11-19-20(14-17)31-15-30-19/h1-3,6-7,10-11,14H,4-5,8-9,12-13,15H2. The molecule has 0 atom stereocenters. The lowest BCUT2D eigenvalue weighted by molar-refractivity contribution is 0.174. The Balaban J connectivity index is 1.29. The average molecular weight is 479 g/mol. The summed E-state index contributed by atoms with van der Waals surface area (Å²) in [6, 6.07) is 15.3. The summed E-state index contributed by atoms with van der Waals surface area (Å²) in [5.41, 5.74) is 2.09. The van der Waals surface area contributed by atoms with Gasteiger partial charge in [-0.3, -0.25) is 9.36 Å². The third-order valence-corrected chi connectivity index (χ3v) is 7.99. The van der Waals surface area contributed by atoms with Crippen molar-refractivity contribution in [1.29, 1.82) is 0 Å². The molecule has 0 N–H and O–H groups in total. The van der Waals surface area contributed by atoms with E-state index in [9.17, 15) is 4.79 Å². The van der Waals surface area contributed by atoms with E-state index in [-0.39, 0.29) is 12.4 Å². The fourth-order valence-corrected chi connectivity index (χ4v) is 6.48. The van der Waals surface area contributed by atoms with E-state index in [2.05, 4.69) is 0 Å². The SMILES string of the molecule is O=c1c2c3c(sc2nc(SCCOc2ccc4c(c2)OCO4)n1-c1ccccc1)CCCC3. The Labute approximate surface area is 199 Å². The molecule has 0 fully saturated rings. The summed E-state index contributed by atoms with van der Waals surface area (Å²) >= 11 is 3.22. The fraction of sp³-hybridized carbons (Fsp3) is 0.280. The number of ether oxygens (including phenoxy) is 3. The smallest absolute Gasteiger partial charge is 0.267 e. The van der Waals surface area contributed by atoms with E-state index in [1.807, 2.05) is 48.5 Å². The van der Waals surface area contributed by atoms with Gasteiger partial charge in [-0.1, -0.05) is 30.0 Å². The van der Waals surface area contributed by atoms with Crippen LogP contribution in [0, 0.1) is 0 Å². The minimum atomic E-state index is 0.0322. The highest BCUT2D eigenvalue weighted by atomic mass is 32.2. The zero-order chi connectivity index (χ0) is 22.2. The highest BCUT2D eigenvalue weighted by molar-refractivity contribution is 7.99. The van der Waals surface area contributed by atoms with E-state index >= 15 is 0 Å². The largest absolute Gasteiger partial charge is 0.493 e. The summed E-state index contributed by atoms with van der Waals surface area (Å²) < 4.78 is 18.4. The van der Waals surface area contributed by atoms with Crippen molar-refractivity contribution in [2.45, 2.75) is 30.8 Å². The van der Waals surface area contributed by atoms with Crippen LogP contribution in [-0.2, 0) is 12.8 Å². The molecule has 168 valence electrons. The third kappa shape index (κ3) is 3.87. The van der Waals surface area contributed by atoms with Gasteiger partial charge in [-0.15, -0.1) is 11.3 Å². The Kier molecular flexibility index (Phi) is 5.47. The maximum Gasteiger partial charge on any atom is 0.267 e. The van der Waals surface area contributed by atoms with Gasteiger partial charge in [-0.05, 0) is 55.5 Å². The van der Waals surface area contributed by atoms with Crippen molar-refractivity contribution in [3.8, 4) is 22.9 Å². The molecule has 0 saturated heterocycles. The highest BCUT2D eigenvalue weighted by Gasteiger charge is 2.23. The van der Waals surface area contributed by atoms with Crippen LogP contribution in [-0.4, -0.2) is 28.7 Å². The maximum atomic E-state index is 13.7. The molecule has 0 saturated carbocycles. The second-order valence-electron chi connectivity index (χ2n) is 7.97. The quantitative estimate of drug-likeness (QED) is 0.215. The number of nitrogens with zero attached hydrogens (tertiary/aromatic N) is 2. The van der Waals surface area contributed by atoms with Gasteiger partial charge in [0.05, 0.1) is 17.7 Å². The molecule has 2 aromatic carbocycles. The minimum absolute atomic E-state index is 0.0322. The number of thioether (sulfide) groups is 1. The molecule has 33 heavy (non-hydrogen) atoms. The number of thiophene rings is 1. The summed E-state index contributed by atoms with van der Waals surface area (Å²) in [4.78, 5) is 20.9. The average Bonchev–Trinajstić information content (AvgIpc) is 3.46. The number of benzene rings is 2. The van der Waals surface area contributed by atoms with Crippen LogP contribution in [0.4, 0.5) is 0 Å². The van der Waals surface area contributed by atoms with Crippen molar-refractivity contribution in [2.75, 3.05) is 19.2 Å². The second kappa shape index (κ2) is 8.76. The first-order valence-electron chi connectivity index (χ1n) is 11.1. The van der Waals surface area contributed by atoms with Crippen LogP contribution in [0.25, 0.3) is 15.9 Å². The Morgan fingerprint density at radius 2 is 1.91 bits per heavy atom. The lowest BCUT2D eigenvalue weighted by atomic mass is 9.97. The Morgan fingerprint density at radius 1 is 1.06 bits per heavy atom. The van der Waals surface area contributed by atoms with Gasteiger partial charge in [0, 0.05) is 16.7 Å². The number of hydrogen-bond acceptors (Lipinski definition) is 7. The van der Waals surface area contributed by atoms with Gasteiger partial charge >= 0.3 is 0 Å². The Morgan fingerprint density at radius 3 is 2.82 bits per heavy atom. The molecule has 4 aromatic rings. The number of aromatic nitrogens is 2. The van der Waals surface area contributed by atoms with E-state index in [1.165, 1.54) is 28.6 Å². The summed E-state index contributed by atoms with van der Waals surface area (Å²) in [5.74, 6) is 2.82. The predicted molar refractivity (Wildman–Crippen MR) is 131 cm³/mol. The molecule has 3 heterocycles. The minimum Gasteiger partial charge on any atom is -0.493 e. The predicted octanol–water partition coefficient (Wildman–Crippen LogP) is 5.23. The molecule has 0 bridgehead atoms. The fourth-order valence-electron chi connectivity index (χ4n) is 4.35. The van der Waals surface area contributed by atoms with Crippen molar-refractivity contribution >= 4 is 33.3 Å². The zero-order valence-corrected chi connectivity index (χ0v) is 19.5. The van der Waals surface area contributed by atoms with Crippen LogP contribution in [0.1, 0.15) is 23.3 Å². The van der Waals surface area contributed by atoms with Crippen LogP contribution in [0.15, 0.2) is 58.5 Å². The van der Waals surface area contributed by atoms with E-state index in [4.69, 9.17) is 19.2 Å². The Hall–Kier alpha value is -2.97.